The average Bonchev–Trinajstić information content (AvgIpc) is 2.50. The Morgan fingerprint density at radius 2 is 2.19 bits per heavy atom. The average molecular weight is 290 g/mol. The Balaban J connectivity index is 1.99. The molecule has 0 aromatic heterocycles. The summed E-state index contributed by atoms with van der Waals surface area (Å²) in [6.07, 6.45) is 2.60. The number of piperazine rings is 1. The lowest BCUT2D eigenvalue weighted by atomic mass is 10.1. The van der Waals surface area contributed by atoms with Crippen LogP contribution in [0.1, 0.15) is 12.0 Å². The van der Waals surface area contributed by atoms with Gasteiger partial charge in [-0.2, -0.15) is 0 Å². The van der Waals surface area contributed by atoms with Crippen molar-refractivity contribution < 1.29 is 9.84 Å². The van der Waals surface area contributed by atoms with E-state index in [-0.39, 0.29) is 6.61 Å². The maximum absolute atomic E-state index is 9.18. The van der Waals surface area contributed by atoms with Crippen molar-refractivity contribution in [2.45, 2.75) is 19.0 Å². The smallest absolute Gasteiger partial charge is 0.124 e. The summed E-state index contributed by atoms with van der Waals surface area (Å²) >= 11 is 0. The third-order valence-electron chi connectivity index (χ3n) is 4.05. The van der Waals surface area contributed by atoms with Gasteiger partial charge in [0.15, 0.2) is 0 Å². The largest absolute Gasteiger partial charge is 0.489 e. The zero-order valence-corrected chi connectivity index (χ0v) is 12.9. The highest BCUT2D eigenvalue weighted by Crippen LogP contribution is 2.21. The second kappa shape index (κ2) is 8.17. The van der Waals surface area contributed by atoms with E-state index in [1.807, 2.05) is 12.1 Å². The van der Waals surface area contributed by atoms with Gasteiger partial charge in [-0.15, -0.1) is 0 Å². The fourth-order valence-corrected chi connectivity index (χ4v) is 2.78. The van der Waals surface area contributed by atoms with Gasteiger partial charge in [-0.1, -0.05) is 30.9 Å². The van der Waals surface area contributed by atoms with Crippen molar-refractivity contribution in [2.24, 2.45) is 0 Å². The second-order valence-electron chi connectivity index (χ2n) is 5.59. The standard InChI is InChI=1S/C17H26N2O2/c1-3-12-21-17-7-5-4-6-15(17)13-19-10-9-18(2)16(14-19)8-11-20/h3-7,16,20H,1,8-14H2,2H3. The summed E-state index contributed by atoms with van der Waals surface area (Å²) in [6, 6.07) is 8.63. The first kappa shape index (κ1) is 16.0. The van der Waals surface area contributed by atoms with Crippen molar-refractivity contribution >= 4 is 0 Å². The van der Waals surface area contributed by atoms with Gasteiger partial charge in [-0.05, 0) is 19.5 Å². The molecule has 1 fully saturated rings. The number of aliphatic hydroxyl groups is 1. The van der Waals surface area contributed by atoms with Crippen LogP contribution in [0.4, 0.5) is 0 Å². The molecule has 4 heteroatoms. The summed E-state index contributed by atoms with van der Waals surface area (Å²) in [5, 5.41) is 9.18. The van der Waals surface area contributed by atoms with Crippen LogP contribution in [0.5, 0.6) is 5.75 Å². The SMILES string of the molecule is C=CCOc1ccccc1CN1CCN(C)C(CCO)C1. The van der Waals surface area contributed by atoms with E-state index in [1.165, 1.54) is 5.56 Å². The van der Waals surface area contributed by atoms with Gasteiger partial charge >= 0.3 is 0 Å². The highest BCUT2D eigenvalue weighted by atomic mass is 16.5. The summed E-state index contributed by atoms with van der Waals surface area (Å²) in [6.45, 7) is 8.46. The van der Waals surface area contributed by atoms with E-state index in [0.29, 0.717) is 12.6 Å². The molecule has 4 nitrogen and oxygen atoms in total. The number of ether oxygens (including phenoxy) is 1. The van der Waals surface area contributed by atoms with Gasteiger partial charge < -0.3 is 14.7 Å². The quantitative estimate of drug-likeness (QED) is 0.776. The Hall–Kier alpha value is -1.36. The van der Waals surface area contributed by atoms with Gasteiger partial charge in [-0.25, -0.2) is 0 Å². The van der Waals surface area contributed by atoms with Crippen LogP contribution in [0.15, 0.2) is 36.9 Å². The Kier molecular flexibility index (Phi) is 6.23. The molecule has 1 unspecified atom stereocenters. The number of aliphatic hydroxyl groups excluding tert-OH is 1. The molecule has 0 radical (unpaired) electrons. The number of rotatable bonds is 7. The first-order chi connectivity index (χ1) is 10.2. The Morgan fingerprint density at radius 3 is 2.95 bits per heavy atom. The van der Waals surface area contributed by atoms with E-state index < -0.39 is 0 Å². The third-order valence-corrected chi connectivity index (χ3v) is 4.05. The lowest BCUT2D eigenvalue weighted by molar-refractivity contribution is 0.0738. The first-order valence-electron chi connectivity index (χ1n) is 7.59. The maximum Gasteiger partial charge on any atom is 0.124 e. The summed E-state index contributed by atoms with van der Waals surface area (Å²) in [4.78, 5) is 4.78. The molecule has 0 amide bonds. The van der Waals surface area contributed by atoms with Crippen LogP contribution in [0, 0.1) is 0 Å². The van der Waals surface area contributed by atoms with Crippen molar-refractivity contribution in [2.75, 3.05) is 39.9 Å². The molecule has 1 saturated heterocycles. The molecule has 0 bridgehead atoms. The molecule has 1 aliphatic heterocycles. The Labute approximate surface area is 127 Å². The van der Waals surface area contributed by atoms with Crippen LogP contribution in [0.3, 0.4) is 0 Å². The van der Waals surface area contributed by atoms with Crippen molar-refractivity contribution in [3.63, 3.8) is 0 Å². The molecular weight excluding hydrogens is 264 g/mol. The zero-order chi connectivity index (χ0) is 15.1. The molecule has 1 N–H and O–H groups in total. The number of benzene rings is 1. The monoisotopic (exact) mass is 290 g/mol. The fourth-order valence-electron chi connectivity index (χ4n) is 2.78. The van der Waals surface area contributed by atoms with E-state index >= 15 is 0 Å². The summed E-state index contributed by atoms with van der Waals surface area (Å²) in [5.41, 5.74) is 1.21. The number of para-hydroxylation sites is 1. The van der Waals surface area contributed by atoms with Gasteiger partial charge in [0.05, 0.1) is 0 Å². The first-order valence-corrected chi connectivity index (χ1v) is 7.59. The third kappa shape index (κ3) is 4.56. The predicted molar refractivity (Wildman–Crippen MR) is 85.5 cm³/mol. The van der Waals surface area contributed by atoms with Crippen LogP contribution < -0.4 is 4.74 Å². The molecule has 1 heterocycles. The van der Waals surface area contributed by atoms with Crippen molar-refractivity contribution in [3.8, 4) is 5.75 Å². The summed E-state index contributed by atoms with van der Waals surface area (Å²) in [5.74, 6) is 0.940. The number of hydrogen-bond donors (Lipinski definition) is 1. The summed E-state index contributed by atoms with van der Waals surface area (Å²) < 4.78 is 5.73. The molecule has 21 heavy (non-hydrogen) atoms. The minimum atomic E-state index is 0.252. The lowest BCUT2D eigenvalue weighted by Crippen LogP contribution is -2.51. The van der Waals surface area contributed by atoms with Crippen LogP contribution in [0.25, 0.3) is 0 Å². The van der Waals surface area contributed by atoms with Crippen molar-refractivity contribution in [1.82, 2.24) is 9.80 Å². The number of nitrogens with zero attached hydrogens (tertiary/aromatic N) is 2. The molecule has 1 atom stereocenters. The highest BCUT2D eigenvalue weighted by molar-refractivity contribution is 5.33. The van der Waals surface area contributed by atoms with Crippen molar-refractivity contribution in [3.05, 3.63) is 42.5 Å². The maximum atomic E-state index is 9.18. The van der Waals surface area contributed by atoms with Crippen molar-refractivity contribution in [1.29, 1.82) is 0 Å². The molecular formula is C17H26N2O2. The molecule has 0 aliphatic carbocycles. The molecule has 1 aliphatic rings. The molecule has 2 rings (SSSR count). The molecule has 1 aromatic rings. The van der Waals surface area contributed by atoms with Gasteiger partial charge in [0.2, 0.25) is 0 Å². The van der Waals surface area contributed by atoms with Gasteiger partial charge in [0.25, 0.3) is 0 Å². The number of likely N-dealkylation sites (N-methyl/N-ethyl adjacent to an activating group) is 1. The van der Waals surface area contributed by atoms with E-state index in [4.69, 9.17) is 4.74 Å². The molecule has 0 spiro atoms. The van der Waals surface area contributed by atoms with E-state index in [9.17, 15) is 5.11 Å². The normalized spacial score (nSPS) is 20.4. The predicted octanol–water partition coefficient (Wildman–Crippen LogP) is 1.75. The molecule has 116 valence electrons. The minimum Gasteiger partial charge on any atom is -0.489 e. The van der Waals surface area contributed by atoms with Gasteiger partial charge in [-0.3, -0.25) is 4.90 Å². The Bertz CT molecular complexity index is 450. The van der Waals surface area contributed by atoms with Crippen LogP contribution in [-0.4, -0.2) is 60.8 Å². The van der Waals surface area contributed by atoms with Crippen LogP contribution in [-0.2, 0) is 6.54 Å². The zero-order valence-electron chi connectivity index (χ0n) is 12.9. The van der Waals surface area contributed by atoms with E-state index in [1.54, 1.807) is 6.08 Å². The van der Waals surface area contributed by atoms with E-state index in [0.717, 1.165) is 38.3 Å². The lowest BCUT2D eigenvalue weighted by Gasteiger charge is -2.39. The van der Waals surface area contributed by atoms with Gasteiger partial charge in [0, 0.05) is 44.4 Å². The number of hydrogen-bond acceptors (Lipinski definition) is 4. The van der Waals surface area contributed by atoms with Crippen LogP contribution in [0.2, 0.25) is 0 Å². The van der Waals surface area contributed by atoms with Crippen LogP contribution >= 0.6 is 0 Å². The summed E-state index contributed by atoms with van der Waals surface area (Å²) in [7, 11) is 2.14. The van der Waals surface area contributed by atoms with Gasteiger partial charge in [0.1, 0.15) is 12.4 Å². The molecule has 1 aromatic carbocycles. The molecule has 0 saturated carbocycles. The minimum absolute atomic E-state index is 0.252. The topological polar surface area (TPSA) is 35.9 Å². The highest BCUT2D eigenvalue weighted by Gasteiger charge is 2.24. The second-order valence-corrected chi connectivity index (χ2v) is 5.59. The fraction of sp³-hybridized carbons (Fsp3) is 0.529. The van der Waals surface area contributed by atoms with E-state index in [2.05, 4.69) is 35.6 Å². The Morgan fingerprint density at radius 1 is 1.38 bits per heavy atom.